The molecule has 1 fully saturated rings. The van der Waals surface area contributed by atoms with Gasteiger partial charge in [-0.1, -0.05) is 59.4 Å². The molecule has 2 heterocycles. The Morgan fingerprint density at radius 1 is 1.03 bits per heavy atom. The highest BCUT2D eigenvalue weighted by atomic mass is 32.2. The van der Waals surface area contributed by atoms with Crippen LogP contribution >= 0.6 is 23.1 Å². The summed E-state index contributed by atoms with van der Waals surface area (Å²) in [5.41, 5.74) is 4.16. The Balaban J connectivity index is 1.20. The number of imide groups is 1. The lowest BCUT2D eigenvalue weighted by atomic mass is 10.1. The van der Waals surface area contributed by atoms with E-state index in [0.29, 0.717) is 25.4 Å². The average molecular weight is 467 g/mol. The Morgan fingerprint density at radius 2 is 1.81 bits per heavy atom. The van der Waals surface area contributed by atoms with E-state index in [1.807, 2.05) is 49.4 Å². The minimum absolute atomic E-state index is 0.229. The van der Waals surface area contributed by atoms with Gasteiger partial charge in [-0.25, -0.2) is 0 Å². The number of benzene rings is 2. The largest absolute Gasteiger partial charge is 0.490 e. The lowest BCUT2D eigenvalue weighted by molar-refractivity contribution is -0.118. The molecule has 1 aliphatic rings. The van der Waals surface area contributed by atoms with E-state index in [1.165, 1.54) is 11.1 Å². The molecule has 1 N–H and O–H groups in total. The van der Waals surface area contributed by atoms with Crippen LogP contribution in [0.15, 0.2) is 71.2 Å². The van der Waals surface area contributed by atoms with Gasteiger partial charge in [0.15, 0.2) is 6.61 Å². The van der Waals surface area contributed by atoms with Gasteiger partial charge in [-0.3, -0.25) is 14.9 Å². The second-order valence-corrected chi connectivity index (χ2v) is 9.24. The predicted molar refractivity (Wildman–Crippen MR) is 128 cm³/mol. The molecule has 1 atom stereocenters. The number of rotatable bonds is 9. The molecule has 1 aliphatic heterocycles. The molecule has 0 spiro atoms. The maximum absolute atomic E-state index is 11.7. The van der Waals surface area contributed by atoms with Gasteiger partial charge in [-0.2, -0.15) is 0 Å². The van der Waals surface area contributed by atoms with Crippen LogP contribution in [0.5, 0.6) is 5.75 Å². The van der Waals surface area contributed by atoms with Crippen molar-refractivity contribution in [2.75, 3.05) is 13.2 Å². The fourth-order valence-electron chi connectivity index (χ4n) is 3.16. The third kappa shape index (κ3) is 5.77. The summed E-state index contributed by atoms with van der Waals surface area (Å²) in [6.07, 6.45) is 0.508. The molecule has 0 bridgehead atoms. The van der Waals surface area contributed by atoms with Gasteiger partial charge in [0, 0.05) is 0 Å². The molecule has 0 radical (unpaired) electrons. The maximum atomic E-state index is 11.7. The minimum atomic E-state index is -0.365. The van der Waals surface area contributed by atoms with Crippen LogP contribution in [0, 0.1) is 0 Å². The van der Waals surface area contributed by atoms with E-state index in [1.54, 1.807) is 11.3 Å². The van der Waals surface area contributed by atoms with Crippen molar-refractivity contribution in [2.45, 2.75) is 18.6 Å². The van der Waals surface area contributed by atoms with Crippen molar-refractivity contribution in [2.24, 2.45) is 5.16 Å². The van der Waals surface area contributed by atoms with Gasteiger partial charge >= 0.3 is 0 Å². The van der Waals surface area contributed by atoms with Crippen LogP contribution in [-0.2, 0) is 16.1 Å². The van der Waals surface area contributed by atoms with E-state index >= 15 is 0 Å². The number of thiophene rings is 1. The van der Waals surface area contributed by atoms with Crippen molar-refractivity contribution in [3.05, 3.63) is 76.5 Å². The number of hydrogen-bond donors (Lipinski definition) is 1. The van der Waals surface area contributed by atoms with E-state index in [-0.39, 0.29) is 16.4 Å². The summed E-state index contributed by atoms with van der Waals surface area (Å²) < 4.78 is 5.69. The fourth-order valence-corrected chi connectivity index (χ4v) is 4.88. The zero-order chi connectivity index (χ0) is 22.3. The van der Waals surface area contributed by atoms with Crippen LogP contribution in [0.1, 0.15) is 17.4 Å². The third-order valence-electron chi connectivity index (χ3n) is 4.82. The number of oxime groups is 1. The molecular formula is C24H22N2O4S2. The summed E-state index contributed by atoms with van der Waals surface area (Å²) in [5.74, 6) is 0.482. The smallest absolute Gasteiger partial charge is 0.286 e. The Hall–Kier alpha value is -3.10. The number of hydrogen-bond acceptors (Lipinski definition) is 7. The molecule has 1 saturated heterocycles. The standard InChI is InChI=1S/C24H22N2O4S2/c1-16(21-14-19(15-31-21)18-5-3-2-4-6-18)26-30-12-11-29-20-9-7-17(8-10-20)13-22-23(27)25-24(28)32-22/h2-10,14-15,22H,11-13H2,1H3,(H,25,27,28). The van der Waals surface area contributed by atoms with Gasteiger partial charge in [0.05, 0.1) is 15.8 Å². The first-order chi connectivity index (χ1) is 15.6. The highest BCUT2D eigenvalue weighted by Gasteiger charge is 2.31. The second-order valence-electron chi connectivity index (χ2n) is 7.16. The van der Waals surface area contributed by atoms with Crippen molar-refractivity contribution in [3.8, 4) is 16.9 Å². The zero-order valence-corrected chi connectivity index (χ0v) is 19.1. The van der Waals surface area contributed by atoms with Crippen LogP contribution in [0.25, 0.3) is 11.1 Å². The van der Waals surface area contributed by atoms with Gasteiger partial charge in [0.1, 0.15) is 12.4 Å². The summed E-state index contributed by atoms with van der Waals surface area (Å²) in [7, 11) is 0. The SMILES string of the molecule is CC(=NOCCOc1ccc(CC2SC(=O)NC2=O)cc1)c1cc(-c2ccccc2)cs1. The molecule has 164 valence electrons. The first-order valence-corrected chi connectivity index (χ1v) is 11.9. The molecule has 0 saturated carbocycles. The quantitative estimate of drug-likeness (QED) is 0.269. The van der Waals surface area contributed by atoms with Gasteiger partial charge in [-0.15, -0.1) is 11.3 Å². The monoisotopic (exact) mass is 466 g/mol. The molecule has 2 aromatic carbocycles. The Bertz CT molecular complexity index is 1110. The number of nitrogens with one attached hydrogen (secondary N) is 1. The van der Waals surface area contributed by atoms with Gasteiger partial charge in [0.25, 0.3) is 5.24 Å². The average Bonchev–Trinajstić information content (AvgIpc) is 3.42. The number of carbonyl (C=O) groups excluding carboxylic acids is 2. The van der Waals surface area contributed by atoms with E-state index in [0.717, 1.165) is 27.9 Å². The highest BCUT2D eigenvalue weighted by Crippen LogP contribution is 2.26. The van der Waals surface area contributed by atoms with E-state index in [4.69, 9.17) is 9.57 Å². The zero-order valence-electron chi connectivity index (χ0n) is 17.4. The number of thioether (sulfide) groups is 1. The van der Waals surface area contributed by atoms with Gasteiger partial charge in [0.2, 0.25) is 5.91 Å². The summed E-state index contributed by atoms with van der Waals surface area (Å²) in [4.78, 5) is 29.4. The Labute approximate surface area is 194 Å². The van der Waals surface area contributed by atoms with Crippen LogP contribution in [0.4, 0.5) is 4.79 Å². The maximum Gasteiger partial charge on any atom is 0.286 e. The molecule has 6 nitrogen and oxygen atoms in total. The topological polar surface area (TPSA) is 77.0 Å². The fraction of sp³-hybridized carbons (Fsp3) is 0.208. The lowest BCUT2D eigenvalue weighted by Gasteiger charge is -2.08. The summed E-state index contributed by atoms with van der Waals surface area (Å²) >= 11 is 2.67. The van der Waals surface area contributed by atoms with Crippen LogP contribution in [0.2, 0.25) is 0 Å². The summed E-state index contributed by atoms with van der Waals surface area (Å²) in [6.45, 7) is 2.62. The molecule has 1 aromatic heterocycles. The van der Waals surface area contributed by atoms with Crippen molar-refractivity contribution >= 4 is 40.0 Å². The summed E-state index contributed by atoms with van der Waals surface area (Å²) in [5, 5.41) is 7.97. The molecule has 0 aliphatic carbocycles. The molecule has 4 rings (SSSR count). The van der Waals surface area contributed by atoms with E-state index in [2.05, 4.69) is 34.1 Å². The Morgan fingerprint density at radius 3 is 2.53 bits per heavy atom. The van der Waals surface area contributed by atoms with Crippen LogP contribution < -0.4 is 10.1 Å². The number of amides is 2. The molecule has 32 heavy (non-hydrogen) atoms. The first kappa shape index (κ1) is 22.1. The van der Waals surface area contributed by atoms with E-state index in [9.17, 15) is 9.59 Å². The highest BCUT2D eigenvalue weighted by molar-refractivity contribution is 8.15. The molecule has 3 aromatic rings. The van der Waals surface area contributed by atoms with Crippen molar-refractivity contribution in [1.82, 2.24) is 5.32 Å². The molecular weight excluding hydrogens is 444 g/mol. The number of ether oxygens (including phenoxy) is 1. The number of carbonyl (C=O) groups is 2. The number of nitrogens with zero attached hydrogens (tertiary/aromatic N) is 1. The predicted octanol–water partition coefficient (Wildman–Crippen LogP) is 5.13. The van der Waals surface area contributed by atoms with Crippen LogP contribution in [0.3, 0.4) is 0 Å². The molecule has 1 unspecified atom stereocenters. The van der Waals surface area contributed by atoms with E-state index < -0.39 is 0 Å². The lowest BCUT2D eigenvalue weighted by Crippen LogP contribution is -2.25. The van der Waals surface area contributed by atoms with Crippen molar-refractivity contribution < 1.29 is 19.2 Å². The molecule has 8 heteroatoms. The first-order valence-electron chi connectivity index (χ1n) is 10.1. The van der Waals surface area contributed by atoms with Gasteiger partial charge < -0.3 is 9.57 Å². The second kappa shape index (κ2) is 10.5. The third-order valence-corrected chi connectivity index (χ3v) is 6.84. The van der Waals surface area contributed by atoms with Crippen molar-refractivity contribution in [3.63, 3.8) is 0 Å². The summed E-state index contributed by atoms with van der Waals surface area (Å²) in [6, 6.07) is 19.8. The van der Waals surface area contributed by atoms with Gasteiger partial charge in [-0.05, 0) is 53.6 Å². The Kier molecular flexibility index (Phi) is 7.24. The normalized spacial score (nSPS) is 16.2. The minimum Gasteiger partial charge on any atom is -0.490 e. The van der Waals surface area contributed by atoms with Crippen molar-refractivity contribution in [1.29, 1.82) is 0 Å². The molecule has 2 amide bonds. The van der Waals surface area contributed by atoms with Crippen LogP contribution in [-0.4, -0.2) is 35.3 Å².